The Morgan fingerprint density at radius 1 is 1.35 bits per heavy atom. The van der Waals surface area contributed by atoms with Crippen LogP contribution in [0.25, 0.3) is 0 Å². The van der Waals surface area contributed by atoms with Gasteiger partial charge in [0.2, 0.25) is 15.9 Å². The third-order valence-electron chi connectivity index (χ3n) is 3.11. The number of hydrogen-bond acceptors (Lipinski definition) is 5. The highest BCUT2D eigenvalue weighted by Crippen LogP contribution is 2.10. The molecule has 0 fully saturated rings. The maximum atomic E-state index is 12.3. The molecule has 23 heavy (non-hydrogen) atoms. The second-order valence-electron chi connectivity index (χ2n) is 6.21. The number of anilines is 1. The van der Waals surface area contributed by atoms with Crippen LogP contribution in [0.5, 0.6) is 0 Å². The van der Waals surface area contributed by atoms with E-state index >= 15 is 0 Å². The summed E-state index contributed by atoms with van der Waals surface area (Å²) in [4.78, 5) is 18.4. The average molecular weight is 342 g/mol. The predicted octanol–water partition coefficient (Wildman–Crippen LogP) is 0.728. The molecule has 2 N–H and O–H groups in total. The molecule has 1 heterocycles. The van der Waals surface area contributed by atoms with Gasteiger partial charge in [-0.15, -0.1) is 0 Å². The van der Waals surface area contributed by atoms with Crippen LogP contribution in [0.3, 0.4) is 0 Å². The summed E-state index contributed by atoms with van der Waals surface area (Å²) >= 11 is 0. The molecule has 0 aliphatic carbocycles. The fraction of sp³-hybridized carbons (Fsp3) is 0.600. The molecular formula is C15H26N4O3S. The number of nitrogens with zero attached hydrogens (tertiary/aromatic N) is 2. The third kappa shape index (κ3) is 7.43. The molecule has 130 valence electrons. The van der Waals surface area contributed by atoms with Gasteiger partial charge in [-0.3, -0.25) is 4.79 Å². The summed E-state index contributed by atoms with van der Waals surface area (Å²) < 4.78 is 25.2. The number of hydrogen-bond donors (Lipinski definition) is 2. The standard InChI is InChI=1S/C15H26N4O3S/c1-11(2)8-13(18-23(5,21)22)15(20)17-10-12-6-7-16-14(9-12)19(3)4/h6-7,9,11,13,18H,8,10H2,1-5H3,(H,17,20)/t13-/m0/s1. The van der Waals surface area contributed by atoms with Crippen molar-refractivity contribution < 1.29 is 13.2 Å². The van der Waals surface area contributed by atoms with Crippen LogP contribution in [-0.4, -0.2) is 45.7 Å². The fourth-order valence-corrected chi connectivity index (χ4v) is 2.79. The molecular weight excluding hydrogens is 316 g/mol. The first kappa shape index (κ1) is 19.4. The van der Waals surface area contributed by atoms with Gasteiger partial charge in [0, 0.05) is 26.8 Å². The number of amides is 1. The van der Waals surface area contributed by atoms with Crippen LogP contribution >= 0.6 is 0 Å². The largest absolute Gasteiger partial charge is 0.363 e. The highest BCUT2D eigenvalue weighted by Gasteiger charge is 2.22. The SMILES string of the molecule is CC(C)C[C@H](NS(C)(=O)=O)C(=O)NCc1ccnc(N(C)C)c1. The van der Waals surface area contributed by atoms with Gasteiger partial charge in [-0.1, -0.05) is 13.8 Å². The zero-order valence-electron chi connectivity index (χ0n) is 14.3. The van der Waals surface area contributed by atoms with Crippen molar-refractivity contribution in [2.75, 3.05) is 25.3 Å². The molecule has 1 aromatic rings. The minimum absolute atomic E-state index is 0.196. The molecule has 0 radical (unpaired) electrons. The van der Waals surface area contributed by atoms with Crippen molar-refractivity contribution in [3.05, 3.63) is 23.9 Å². The van der Waals surface area contributed by atoms with Crippen LogP contribution in [0, 0.1) is 5.92 Å². The summed E-state index contributed by atoms with van der Waals surface area (Å²) in [7, 11) is 0.334. The first-order valence-corrected chi connectivity index (χ1v) is 9.35. The first-order valence-electron chi connectivity index (χ1n) is 7.45. The molecule has 1 aromatic heterocycles. The molecule has 0 aliphatic rings. The molecule has 0 bridgehead atoms. The Labute approximate surface area is 138 Å². The van der Waals surface area contributed by atoms with Crippen molar-refractivity contribution in [3.8, 4) is 0 Å². The average Bonchev–Trinajstić information content (AvgIpc) is 2.42. The number of pyridine rings is 1. The van der Waals surface area contributed by atoms with E-state index in [1.807, 2.05) is 45.0 Å². The number of aromatic nitrogens is 1. The van der Waals surface area contributed by atoms with E-state index in [2.05, 4.69) is 15.0 Å². The van der Waals surface area contributed by atoms with E-state index in [0.717, 1.165) is 17.6 Å². The maximum absolute atomic E-state index is 12.3. The molecule has 0 unspecified atom stereocenters. The third-order valence-corrected chi connectivity index (χ3v) is 3.83. The topological polar surface area (TPSA) is 91.4 Å². The van der Waals surface area contributed by atoms with Gasteiger partial charge in [0.1, 0.15) is 11.9 Å². The van der Waals surface area contributed by atoms with Crippen molar-refractivity contribution in [2.24, 2.45) is 5.92 Å². The second kappa shape index (κ2) is 8.26. The van der Waals surface area contributed by atoms with Gasteiger partial charge in [-0.05, 0) is 30.0 Å². The van der Waals surface area contributed by atoms with E-state index in [1.165, 1.54) is 0 Å². The van der Waals surface area contributed by atoms with Gasteiger partial charge < -0.3 is 10.2 Å². The molecule has 1 rings (SSSR count). The number of sulfonamides is 1. The Hall–Kier alpha value is -1.67. The Morgan fingerprint density at radius 2 is 2.00 bits per heavy atom. The van der Waals surface area contributed by atoms with Crippen molar-refractivity contribution in [1.82, 2.24) is 15.0 Å². The van der Waals surface area contributed by atoms with Crippen molar-refractivity contribution >= 4 is 21.7 Å². The molecule has 0 saturated carbocycles. The van der Waals surface area contributed by atoms with Gasteiger partial charge in [0.25, 0.3) is 0 Å². The molecule has 1 atom stereocenters. The van der Waals surface area contributed by atoms with Crippen molar-refractivity contribution in [3.63, 3.8) is 0 Å². The van der Waals surface area contributed by atoms with Crippen LogP contribution in [-0.2, 0) is 21.4 Å². The smallest absolute Gasteiger partial charge is 0.238 e. The zero-order valence-corrected chi connectivity index (χ0v) is 15.1. The highest BCUT2D eigenvalue weighted by molar-refractivity contribution is 7.88. The summed E-state index contributed by atoms with van der Waals surface area (Å²) in [5, 5.41) is 2.78. The highest BCUT2D eigenvalue weighted by atomic mass is 32.2. The fourth-order valence-electron chi connectivity index (χ4n) is 2.07. The van der Waals surface area contributed by atoms with Crippen LogP contribution < -0.4 is 14.9 Å². The molecule has 0 spiro atoms. The lowest BCUT2D eigenvalue weighted by Gasteiger charge is -2.19. The van der Waals surface area contributed by atoms with E-state index in [-0.39, 0.29) is 11.8 Å². The summed E-state index contributed by atoms with van der Waals surface area (Å²) in [6, 6.07) is 2.93. The van der Waals surface area contributed by atoms with Crippen LogP contribution in [0.15, 0.2) is 18.3 Å². The van der Waals surface area contributed by atoms with E-state index in [1.54, 1.807) is 6.20 Å². The van der Waals surface area contributed by atoms with E-state index in [9.17, 15) is 13.2 Å². The van der Waals surface area contributed by atoms with Gasteiger partial charge in [0.05, 0.1) is 6.26 Å². The molecule has 0 aromatic carbocycles. The number of carbonyl (C=O) groups excluding carboxylic acids is 1. The Morgan fingerprint density at radius 3 is 2.52 bits per heavy atom. The maximum Gasteiger partial charge on any atom is 0.238 e. The quantitative estimate of drug-likeness (QED) is 0.727. The first-order chi connectivity index (χ1) is 10.6. The Bertz CT molecular complexity index is 629. The summed E-state index contributed by atoms with van der Waals surface area (Å²) in [5.74, 6) is 0.665. The van der Waals surface area contributed by atoms with Gasteiger partial charge in [0.15, 0.2) is 0 Å². The number of nitrogens with one attached hydrogen (secondary N) is 2. The van der Waals surface area contributed by atoms with E-state index in [4.69, 9.17) is 0 Å². The zero-order chi connectivity index (χ0) is 17.6. The Kier molecular flexibility index (Phi) is 6.96. The van der Waals surface area contributed by atoms with Gasteiger partial charge in [-0.2, -0.15) is 0 Å². The van der Waals surface area contributed by atoms with Gasteiger partial charge >= 0.3 is 0 Å². The van der Waals surface area contributed by atoms with E-state index < -0.39 is 16.1 Å². The molecule has 7 nitrogen and oxygen atoms in total. The van der Waals surface area contributed by atoms with Crippen molar-refractivity contribution in [1.29, 1.82) is 0 Å². The normalized spacial score (nSPS) is 13.0. The van der Waals surface area contributed by atoms with Crippen LogP contribution in [0.1, 0.15) is 25.8 Å². The lowest BCUT2D eigenvalue weighted by molar-refractivity contribution is -0.123. The lowest BCUT2D eigenvalue weighted by atomic mass is 10.0. The molecule has 0 aliphatic heterocycles. The Balaban J connectivity index is 2.73. The minimum Gasteiger partial charge on any atom is -0.363 e. The number of rotatable bonds is 8. The molecule has 8 heteroatoms. The van der Waals surface area contributed by atoms with Crippen molar-refractivity contribution in [2.45, 2.75) is 32.9 Å². The lowest BCUT2D eigenvalue weighted by Crippen LogP contribution is -2.46. The predicted molar refractivity (Wildman–Crippen MR) is 91.6 cm³/mol. The van der Waals surface area contributed by atoms with Crippen LogP contribution in [0.2, 0.25) is 0 Å². The summed E-state index contributed by atoms with van der Waals surface area (Å²) in [6.45, 7) is 4.20. The summed E-state index contributed by atoms with van der Waals surface area (Å²) in [6.07, 6.45) is 3.18. The van der Waals surface area contributed by atoms with Gasteiger partial charge in [-0.25, -0.2) is 18.1 Å². The number of carbonyl (C=O) groups is 1. The monoisotopic (exact) mass is 342 g/mol. The second-order valence-corrected chi connectivity index (χ2v) is 7.99. The molecule has 1 amide bonds. The molecule has 0 saturated heterocycles. The van der Waals surface area contributed by atoms with Crippen LogP contribution in [0.4, 0.5) is 5.82 Å². The summed E-state index contributed by atoms with van der Waals surface area (Å²) in [5.41, 5.74) is 0.903. The minimum atomic E-state index is -3.44. The van der Waals surface area contributed by atoms with E-state index in [0.29, 0.717) is 13.0 Å².